The number of amides is 2. The van der Waals surface area contributed by atoms with Crippen molar-refractivity contribution >= 4 is 21.8 Å². The van der Waals surface area contributed by atoms with Gasteiger partial charge >= 0.3 is 0 Å². The lowest BCUT2D eigenvalue weighted by atomic mass is 10.1. The Morgan fingerprint density at radius 1 is 1.00 bits per heavy atom. The third kappa shape index (κ3) is 5.42. The SMILES string of the molecule is Cc1ccc(CCC(=O)NNC(=O)c2cccc(S(=O)(=O)N3CCCC3)c2)cc1. The van der Waals surface area contributed by atoms with Gasteiger partial charge in [-0.1, -0.05) is 35.9 Å². The summed E-state index contributed by atoms with van der Waals surface area (Å²) in [5.41, 5.74) is 7.08. The van der Waals surface area contributed by atoms with Crippen LogP contribution in [0.2, 0.25) is 0 Å². The number of nitrogens with zero attached hydrogens (tertiary/aromatic N) is 1. The molecule has 1 fully saturated rings. The van der Waals surface area contributed by atoms with Crippen molar-refractivity contribution in [1.82, 2.24) is 15.2 Å². The van der Waals surface area contributed by atoms with Gasteiger partial charge in [0.15, 0.2) is 0 Å². The van der Waals surface area contributed by atoms with E-state index in [2.05, 4.69) is 10.9 Å². The van der Waals surface area contributed by atoms with Crippen molar-refractivity contribution < 1.29 is 18.0 Å². The predicted octanol–water partition coefficient (Wildman–Crippen LogP) is 2.17. The normalized spacial score (nSPS) is 14.5. The molecule has 0 unspecified atom stereocenters. The molecule has 29 heavy (non-hydrogen) atoms. The molecule has 1 aliphatic rings. The van der Waals surface area contributed by atoms with Crippen LogP contribution in [0.4, 0.5) is 0 Å². The maximum atomic E-state index is 12.6. The highest BCUT2D eigenvalue weighted by molar-refractivity contribution is 7.89. The van der Waals surface area contributed by atoms with Crippen molar-refractivity contribution in [2.45, 2.75) is 37.5 Å². The molecule has 1 saturated heterocycles. The number of rotatable bonds is 6. The second kappa shape index (κ2) is 9.19. The van der Waals surface area contributed by atoms with Crippen LogP contribution in [0, 0.1) is 6.92 Å². The molecule has 154 valence electrons. The number of hydrogen-bond acceptors (Lipinski definition) is 4. The average molecular weight is 416 g/mol. The third-order valence-corrected chi connectivity index (χ3v) is 6.77. The van der Waals surface area contributed by atoms with E-state index in [0.29, 0.717) is 19.5 Å². The smallest absolute Gasteiger partial charge is 0.269 e. The zero-order valence-electron chi connectivity index (χ0n) is 16.3. The first-order valence-corrected chi connectivity index (χ1v) is 11.1. The molecule has 1 heterocycles. The zero-order chi connectivity index (χ0) is 20.9. The average Bonchev–Trinajstić information content (AvgIpc) is 3.27. The molecule has 2 amide bonds. The number of sulfonamides is 1. The number of carbonyl (C=O) groups excluding carboxylic acids is 2. The number of hydrogen-bond donors (Lipinski definition) is 2. The molecular formula is C21H25N3O4S. The van der Waals surface area contributed by atoms with Crippen LogP contribution in [-0.2, 0) is 21.2 Å². The number of carbonyl (C=O) groups is 2. The quantitative estimate of drug-likeness (QED) is 0.707. The molecule has 7 nitrogen and oxygen atoms in total. The van der Waals surface area contributed by atoms with E-state index in [1.165, 1.54) is 28.6 Å². The van der Waals surface area contributed by atoms with Gasteiger partial charge in [0.05, 0.1) is 4.90 Å². The lowest BCUT2D eigenvalue weighted by Gasteiger charge is -2.16. The van der Waals surface area contributed by atoms with Gasteiger partial charge in [-0.15, -0.1) is 0 Å². The second-order valence-corrected chi connectivity index (χ2v) is 9.06. The predicted molar refractivity (Wildman–Crippen MR) is 110 cm³/mol. The summed E-state index contributed by atoms with van der Waals surface area (Å²) in [5.74, 6) is -0.882. The monoisotopic (exact) mass is 415 g/mol. The Morgan fingerprint density at radius 3 is 2.38 bits per heavy atom. The van der Waals surface area contributed by atoms with Crippen LogP contribution < -0.4 is 10.9 Å². The van der Waals surface area contributed by atoms with E-state index in [0.717, 1.165) is 24.0 Å². The lowest BCUT2D eigenvalue weighted by molar-refractivity contribution is -0.121. The van der Waals surface area contributed by atoms with E-state index in [1.54, 1.807) is 0 Å². The highest BCUT2D eigenvalue weighted by Gasteiger charge is 2.27. The minimum atomic E-state index is -3.60. The molecule has 0 aromatic heterocycles. The minimum Gasteiger partial charge on any atom is -0.273 e. The van der Waals surface area contributed by atoms with Crippen LogP contribution >= 0.6 is 0 Å². The van der Waals surface area contributed by atoms with Crippen molar-refractivity contribution in [3.05, 3.63) is 65.2 Å². The Labute approximate surface area is 171 Å². The third-order valence-electron chi connectivity index (χ3n) is 4.88. The Kier molecular flexibility index (Phi) is 6.66. The van der Waals surface area contributed by atoms with Gasteiger partial charge in [0.1, 0.15) is 0 Å². The Hall–Kier alpha value is -2.71. The van der Waals surface area contributed by atoms with Crippen LogP contribution in [-0.4, -0.2) is 37.6 Å². The molecule has 0 saturated carbocycles. The summed E-state index contributed by atoms with van der Waals surface area (Å²) in [6, 6.07) is 13.7. The van der Waals surface area contributed by atoms with Crippen molar-refractivity contribution in [3.63, 3.8) is 0 Å². The highest BCUT2D eigenvalue weighted by Crippen LogP contribution is 2.21. The largest absolute Gasteiger partial charge is 0.273 e. The molecule has 0 bridgehead atoms. The summed E-state index contributed by atoms with van der Waals surface area (Å²) in [6.45, 7) is 2.99. The molecular weight excluding hydrogens is 390 g/mol. The summed E-state index contributed by atoms with van der Waals surface area (Å²) in [4.78, 5) is 24.4. The van der Waals surface area contributed by atoms with Crippen LogP contribution in [0.3, 0.4) is 0 Å². The van der Waals surface area contributed by atoms with Gasteiger partial charge in [0, 0.05) is 25.1 Å². The van der Waals surface area contributed by atoms with Crippen LogP contribution in [0.5, 0.6) is 0 Å². The molecule has 2 aromatic carbocycles. The molecule has 0 spiro atoms. The van der Waals surface area contributed by atoms with E-state index in [1.807, 2.05) is 31.2 Å². The van der Waals surface area contributed by atoms with Gasteiger partial charge in [-0.05, 0) is 49.9 Å². The van der Waals surface area contributed by atoms with Crippen LogP contribution in [0.1, 0.15) is 40.7 Å². The summed E-state index contributed by atoms with van der Waals surface area (Å²) in [5, 5.41) is 0. The molecule has 2 N–H and O–H groups in total. The first kappa shape index (κ1) is 21.0. The van der Waals surface area contributed by atoms with Gasteiger partial charge in [0.2, 0.25) is 15.9 Å². The van der Waals surface area contributed by atoms with E-state index >= 15 is 0 Å². The maximum absolute atomic E-state index is 12.6. The number of aryl methyl sites for hydroxylation is 2. The lowest BCUT2D eigenvalue weighted by Crippen LogP contribution is -2.41. The Bertz CT molecular complexity index is 981. The summed E-state index contributed by atoms with van der Waals surface area (Å²) >= 11 is 0. The van der Waals surface area contributed by atoms with E-state index in [9.17, 15) is 18.0 Å². The van der Waals surface area contributed by atoms with E-state index in [-0.39, 0.29) is 22.8 Å². The minimum absolute atomic E-state index is 0.0812. The van der Waals surface area contributed by atoms with Gasteiger partial charge in [-0.25, -0.2) is 8.42 Å². The fraction of sp³-hybridized carbons (Fsp3) is 0.333. The molecule has 0 radical (unpaired) electrons. The summed E-state index contributed by atoms with van der Waals surface area (Å²) < 4.78 is 26.7. The molecule has 1 aliphatic heterocycles. The summed E-state index contributed by atoms with van der Waals surface area (Å²) in [7, 11) is -3.60. The number of benzene rings is 2. The maximum Gasteiger partial charge on any atom is 0.269 e. The summed E-state index contributed by atoms with van der Waals surface area (Å²) in [6.07, 6.45) is 2.47. The fourth-order valence-electron chi connectivity index (χ4n) is 3.15. The van der Waals surface area contributed by atoms with Crippen molar-refractivity contribution in [3.8, 4) is 0 Å². The zero-order valence-corrected chi connectivity index (χ0v) is 17.2. The van der Waals surface area contributed by atoms with Crippen LogP contribution in [0.15, 0.2) is 53.4 Å². The van der Waals surface area contributed by atoms with Gasteiger partial charge in [-0.3, -0.25) is 20.4 Å². The molecule has 8 heteroatoms. The highest BCUT2D eigenvalue weighted by atomic mass is 32.2. The first-order chi connectivity index (χ1) is 13.9. The van der Waals surface area contributed by atoms with Crippen molar-refractivity contribution in [2.75, 3.05) is 13.1 Å². The second-order valence-electron chi connectivity index (χ2n) is 7.13. The molecule has 0 atom stereocenters. The number of hydrazine groups is 1. The van der Waals surface area contributed by atoms with Gasteiger partial charge in [-0.2, -0.15) is 4.31 Å². The van der Waals surface area contributed by atoms with Gasteiger partial charge in [0.25, 0.3) is 5.91 Å². The van der Waals surface area contributed by atoms with Gasteiger partial charge < -0.3 is 0 Å². The Morgan fingerprint density at radius 2 is 1.69 bits per heavy atom. The molecule has 0 aliphatic carbocycles. The van der Waals surface area contributed by atoms with Crippen molar-refractivity contribution in [1.29, 1.82) is 0 Å². The standard InChI is InChI=1S/C21H25N3O4S/c1-16-7-9-17(10-8-16)11-12-20(25)22-23-21(26)18-5-4-6-19(15-18)29(27,28)24-13-2-3-14-24/h4-10,15H,2-3,11-14H2,1H3,(H,22,25)(H,23,26). The Balaban J connectivity index is 1.55. The first-order valence-electron chi connectivity index (χ1n) is 9.61. The molecule has 3 rings (SSSR count). The van der Waals surface area contributed by atoms with E-state index in [4.69, 9.17) is 0 Å². The fourth-order valence-corrected chi connectivity index (χ4v) is 4.71. The van der Waals surface area contributed by atoms with E-state index < -0.39 is 15.9 Å². The molecule has 2 aromatic rings. The number of nitrogens with one attached hydrogen (secondary N) is 2. The van der Waals surface area contributed by atoms with Crippen LogP contribution in [0.25, 0.3) is 0 Å². The topological polar surface area (TPSA) is 95.6 Å². The van der Waals surface area contributed by atoms with Crippen molar-refractivity contribution in [2.24, 2.45) is 0 Å².